The van der Waals surface area contributed by atoms with Crippen molar-refractivity contribution in [2.45, 2.75) is 12.8 Å². The molecule has 1 aliphatic heterocycles. The normalized spacial score (nSPS) is 19.4. The molecule has 4 nitrogen and oxygen atoms in total. The summed E-state index contributed by atoms with van der Waals surface area (Å²) in [6.45, 7) is 0. The van der Waals surface area contributed by atoms with Crippen molar-refractivity contribution in [3.63, 3.8) is 0 Å². The average molecular weight is 267 g/mol. The molecule has 0 radical (unpaired) electrons. The Morgan fingerprint density at radius 3 is 2.28 bits per heavy atom. The second-order valence-electron chi connectivity index (χ2n) is 4.66. The minimum absolute atomic E-state index is 0.0103. The fourth-order valence-electron chi connectivity index (χ4n) is 2.19. The van der Waals surface area contributed by atoms with Gasteiger partial charge >= 0.3 is 0 Å². The van der Waals surface area contributed by atoms with Gasteiger partial charge in [0.15, 0.2) is 0 Å². The van der Waals surface area contributed by atoms with Gasteiger partial charge in [-0.1, -0.05) is 18.2 Å². The van der Waals surface area contributed by atoms with E-state index < -0.39 is 9.84 Å². The van der Waals surface area contributed by atoms with Crippen LogP contribution in [-0.4, -0.2) is 32.9 Å². The maximum atomic E-state index is 12.2. The number of anilines is 1. The first kappa shape index (κ1) is 13.1. The second kappa shape index (κ2) is 5.10. The SMILES string of the molecule is CN(C(=O)C1CCS(=O)(=O)CC1)c1ccccc1. The number of hydrogen-bond donors (Lipinski definition) is 0. The molecule has 1 saturated heterocycles. The molecule has 5 heteroatoms. The average Bonchev–Trinajstić information content (AvgIpc) is 2.38. The molecule has 1 aromatic carbocycles. The molecule has 0 bridgehead atoms. The molecular weight excluding hydrogens is 250 g/mol. The van der Waals surface area contributed by atoms with E-state index in [0.29, 0.717) is 12.8 Å². The third kappa shape index (κ3) is 2.90. The van der Waals surface area contributed by atoms with Crippen molar-refractivity contribution in [2.75, 3.05) is 23.5 Å². The predicted octanol–water partition coefficient (Wildman–Crippen LogP) is 1.47. The van der Waals surface area contributed by atoms with E-state index in [1.165, 1.54) is 0 Å². The van der Waals surface area contributed by atoms with Crippen molar-refractivity contribution in [1.82, 2.24) is 0 Å². The summed E-state index contributed by atoms with van der Waals surface area (Å²) in [6, 6.07) is 9.40. The van der Waals surface area contributed by atoms with E-state index in [1.807, 2.05) is 30.3 Å². The number of sulfone groups is 1. The monoisotopic (exact) mass is 267 g/mol. The zero-order chi connectivity index (χ0) is 13.2. The number of carbonyl (C=O) groups excluding carboxylic acids is 1. The summed E-state index contributed by atoms with van der Waals surface area (Å²) in [6.07, 6.45) is 0.886. The first-order valence-electron chi connectivity index (χ1n) is 6.03. The molecule has 1 aromatic rings. The van der Waals surface area contributed by atoms with Crippen LogP contribution >= 0.6 is 0 Å². The predicted molar refractivity (Wildman–Crippen MR) is 71.2 cm³/mol. The van der Waals surface area contributed by atoms with Crippen molar-refractivity contribution in [3.05, 3.63) is 30.3 Å². The summed E-state index contributed by atoms with van der Waals surface area (Å²) in [5.41, 5.74) is 0.843. The van der Waals surface area contributed by atoms with Crippen LogP contribution in [0.3, 0.4) is 0 Å². The van der Waals surface area contributed by atoms with Gasteiger partial charge in [-0.25, -0.2) is 8.42 Å². The van der Waals surface area contributed by atoms with Crippen molar-refractivity contribution < 1.29 is 13.2 Å². The Kier molecular flexibility index (Phi) is 3.71. The molecule has 0 aromatic heterocycles. The van der Waals surface area contributed by atoms with E-state index in [1.54, 1.807) is 11.9 Å². The van der Waals surface area contributed by atoms with Crippen LogP contribution in [0, 0.1) is 5.92 Å². The number of rotatable bonds is 2. The highest BCUT2D eigenvalue weighted by Gasteiger charge is 2.30. The molecule has 0 atom stereocenters. The van der Waals surface area contributed by atoms with Gasteiger partial charge < -0.3 is 4.90 Å². The summed E-state index contributed by atoms with van der Waals surface area (Å²) in [7, 11) is -1.17. The van der Waals surface area contributed by atoms with Gasteiger partial charge in [-0.15, -0.1) is 0 Å². The fourth-order valence-corrected chi connectivity index (χ4v) is 3.68. The summed E-state index contributed by atoms with van der Waals surface area (Å²) >= 11 is 0. The maximum absolute atomic E-state index is 12.2. The largest absolute Gasteiger partial charge is 0.315 e. The molecule has 18 heavy (non-hydrogen) atoms. The molecule has 0 unspecified atom stereocenters. The van der Waals surface area contributed by atoms with Gasteiger partial charge in [-0.2, -0.15) is 0 Å². The smallest absolute Gasteiger partial charge is 0.229 e. The lowest BCUT2D eigenvalue weighted by Crippen LogP contribution is -2.37. The Morgan fingerprint density at radius 2 is 1.72 bits per heavy atom. The Balaban J connectivity index is 2.05. The highest BCUT2D eigenvalue weighted by Crippen LogP contribution is 2.23. The third-order valence-electron chi connectivity index (χ3n) is 3.38. The summed E-state index contributed by atoms with van der Waals surface area (Å²) < 4.78 is 22.7. The van der Waals surface area contributed by atoms with E-state index in [9.17, 15) is 13.2 Å². The summed E-state index contributed by atoms with van der Waals surface area (Å²) in [5, 5.41) is 0. The Morgan fingerprint density at radius 1 is 1.17 bits per heavy atom. The first-order valence-corrected chi connectivity index (χ1v) is 7.85. The van der Waals surface area contributed by atoms with Crippen LogP contribution in [0.2, 0.25) is 0 Å². The number of carbonyl (C=O) groups is 1. The van der Waals surface area contributed by atoms with Gasteiger partial charge in [0.2, 0.25) is 5.91 Å². The third-order valence-corrected chi connectivity index (χ3v) is 5.09. The van der Waals surface area contributed by atoms with Crippen LogP contribution in [0.15, 0.2) is 30.3 Å². The van der Waals surface area contributed by atoms with E-state index >= 15 is 0 Å². The van der Waals surface area contributed by atoms with Crippen molar-refractivity contribution in [3.8, 4) is 0 Å². The molecular formula is C13H17NO3S. The second-order valence-corrected chi connectivity index (χ2v) is 6.96. The van der Waals surface area contributed by atoms with Crippen molar-refractivity contribution in [1.29, 1.82) is 0 Å². The first-order chi connectivity index (χ1) is 8.49. The Hall–Kier alpha value is -1.36. The number of benzene rings is 1. The molecule has 0 aliphatic carbocycles. The Labute approximate surface area is 108 Å². The van der Waals surface area contributed by atoms with Gasteiger partial charge in [-0.3, -0.25) is 4.79 Å². The molecule has 0 saturated carbocycles. The molecule has 0 N–H and O–H groups in total. The van der Waals surface area contributed by atoms with Gasteiger partial charge in [0, 0.05) is 18.7 Å². The number of nitrogens with zero attached hydrogens (tertiary/aromatic N) is 1. The lowest BCUT2D eigenvalue weighted by Gasteiger charge is -2.26. The van der Waals surface area contributed by atoms with Crippen LogP contribution in [0.4, 0.5) is 5.69 Å². The molecule has 0 spiro atoms. The molecule has 98 valence electrons. The van der Waals surface area contributed by atoms with Crippen molar-refractivity contribution >= 4 is 21.4 Å². The molecule has 1 aliphatic rings. The molecule has 1 fully saturated rings. The number of amides is 1. The van der Waals surface area contributed by atoms with Crippen LogP contribution in [0.5, 0.6) is 0 Å². The lowest BCUT2D eigenvalue weighted by atomic mass is 10.0. The minimum atomic E-state index is -2.91. The quantitative estimate of drug-likeness (QED) is 0.815. The van der Waals surface area contributed by atoms with Crippen LogP contribution in [-0.2, 0) is 14.6 Å². The van der Waals surface area contributed by atoms with Crippen LogP contribution < -0.4 is 4.90 Å². The minimum Gasteiger partial charge on any atom is -0.315 e. The summed E-state index contributed by atoms with van der Waals surface area (Å²) in [5.74, 6) is 0.104. The molecule has 1 heterocycles. The molecule has 1 amide bonds. The van der Waals surface area contributed by atoms with Gasteiger partial charge in [0.25, 0.3) is 0 Å². The lowest BCUT2D eigenvalue weighted by molar-refractivity contribution is -0.122. The van der Waals surface area contributed by atoms with Gasteiger partial charge in [0.1, 0.15) is 9.84 Å². The zero-order valence-electron chi connectivity index (χ0n) is 10.4. The zero-order valence-corrected chi connectivity index (χ0v) is 11.2. The number of para-hydroxylation sites is 1. The van der Waals surface area contributed by atoms with E-state index in [4.69, 9.17) is 0 Å². The van der Waals surface area contributed by atoms with Crippen LogP contribution in [0.1, 0.15) is 12.8 Å². The highest BCUT2D eigenvalue weighted by molar-refractivity contribution is 7.91. The fraction of sp³-hybridized carbons (Fsp3) is 0.462. The van der Waals surface area contributed by atoms with Gasteiger partial charge in [-0.05, 0) is 25.0 Å². The number of hydrogen-bond acceptors (Lipinski definition) is 3. The highest BCUT2D eigenvalue weighted by atomic mass is 32.2. The van der Waals surface area contributed by atoms with Crippen molar-refractivity contribution in [2.24, 2.45) is 5.92 Å². The topological polar surface area (TPSA) is 54.5 Å². The van der Waals surface area contributed by atoms with Crippen LogP contribution in [0.25, 0.3) is 0 Å². The van der Waals surface area contributed by atoms with E-state index in [0.717, 1.165) is 5.69 Å². The summed E-state index contributed by atoms with van der Waals surface area (Å²) in [4.78, 5) is 13.9. The van der Waals surface area contributed by atoms with E-state index in [2.05, 4.69) is 0 Å². The van der Waals surface area contributed by atoms with Gasteiger partial charge in [0.05, 0.1) is 11.5 Å². The maximum Gasteiger partial charge on any atom is 0.229 e. The van der Waals surface area contributed by atoms with E-state index in [-0.39, 0.29) is 23.3 Å². The standard InChI is InChI=1S/C13H17NO3S/c1-14(12-5-3-2-4-6-12)13(15)11-7-9-18(16,17)10-8-11/h2-6,11H,7-10H2,1H3. The molecule has 2 rings (SSSR count). The Bertz CT molecular complexity index is 510.